The molecule has 6 heteroatoms. The first-order valence-electron chi connectivity index (χ1n) is 10.3. The molecule has 0 unspecified atom stereocenters. The highest BCUT2D eigenvalue weighted by Gasteiger charge is 2.27. The maximum Gasteiger partial charge on any atom is 0.272 e. The number of amides is 1. The van der Waals surface area contributed by atoms with Crippen molar-refractivity contribution in [2.24, 2.45) is 5.41 Å². The SMILES string of the molecule is COCC(C)(C)CN1CCC(NC(=O)c2nn(C(C)C)c3ccccc23)CC1. The van der Waals surface area contributed by atoms with E-state index in [2.05, 4.69) is 43.0 Å². The van der Waals surface area contributed by atoms with Crippen LogP contribution in [-0.4, -0.2) is 60.0 Å². The molecule has 1 amide bonds. The quantitative estimate of drug-likeness (QED) is 0.791. The number of fused-ring (bicyclic) bond motifs is 1. The lowest BCUT2D eigenvalue weighted by atomic mass is 9.92. The number of carbonyl (C=O) groups is 1. The number of carbonyl (C=O) groups excluding carboxylic acids is 1. The number of hydrogen-bond donors (Lipinski definition) is 1. The molecule has 1 fully saturated rings. The van der Waals surface area contributed by atoms with Crippen molar-refractivity contribution in [2.75, 3.05) is 33.4 Å². The molecule has 1 aliphatic rings. The average Bonchev–Trinajstić information content (AvgIpc) is 3.03. The van der Waals surface area contributed by atoms with Crippen molar-refractivity contribution in [2.45, 2.75) is 52.6 Å². The molecule has 154 valence electrons. The van der Waals surface area contributed by atoms with Gasteiger partial charge in [0, 0.05) is 49.6 Å². The monoisotopic (exact) mass is 386 g/mol. The predicted molar refractivity (Wildman–Crippen MR) is 113 cm³/mol. The predicted octanol–water partition coefficient (Wildman–Crippen LogP) is 3.48. The van der Waals surface area contributed by atoms with Crippen LogP contribution in [0.4, 0.5) is 0 Å². The summed E-state index contributed by atoms with van der Waals surface area (Å²) in [6, 6.07) is 8.38. The van der Waals surface area contributed by atoms with Crippen LogP contribution in [0.5, 0.6) is 0 Å². The number of ether oxygens (including phenoxy) is 1. The molecule has 1 aliphatic heterocycles. The summed E-state index contributed by atoms with van der Waals surface area (Å²) in [5, 5.41) is 8.76. The Morgan fingerprint density at radius 3 is 2.61 bits per heavy atom. The van der Waals surface area contributed by atoms with Crippen molar-refractivity contribution in [3.63, 3.8) is 0 Å². The van der Waals surface area contributed by atoms with Crippen molar-refractivity contribution in [1.82, 2.24) is 20.0 Å². The Kier molecular flexibility index (Phi) is 6.40. The van der Waals surface area contributed by atoms with E-state index in [1.54, 1.807) is 7.11 Å². The summed E-state index contributed by atoms with van der Waals surface area (Å²) in [6.45, 7) is 12.4. The number of nitrogens with zero attached hydrogens (tertiary/aromatic N) is 3. The van der Waals surface area contributed by atoms with E-state index in [0.717, 1.165) is 50.0 Å². The van der Waals surface area contributed by atoms with Crippen molar-refractivity contribution in [3.8, 4) is 0 Å². The van der Waals surface area contributed by atoms with E-state index in [0.29, 0.717) is 5.69 Å². The van der Waals surface area contributed by atoms with Crippen LogP contribution in [0.2, 0.25) is 0 Å². The van der Waals surface area contributed by atoms with Gasteiger partial charge in [-0.15, -0.1) is 0 Å². The minimum Gasteiger partial charge on any atom is -0.384 e. The van der Waals surface area contributed by atoms with Gasteiger partial charge >= 0.3 is 0 Å². The number of aromatic nitrogens is 2. The molecule has 0 radical (unpaired) electrons. The van der Waals surface area contributed by atoms with E-state index in [9.17, 15) is 4.79 Å². The largest absolute Gasteiger partial charge is 0.384 e. The lowest BCUT2D eigenvalue weighted by Gasteiger charge is -2.37. The van der Waals surface area contributed by atoms with Crippen molar-refractivity contribution in [1.29, 1.82) is 0 Å². The molecule has 3 rings (SSSR count). The third-order valence-electron chi connectivity index (χ3n) is 5.43. The molecule has 0 atom stereocenters. The molecule has 2 heterocycles. The molecule has 0 saturated carbocycles. The second kappa shape index (κ2) is 8.62. The number of methoxy groups -OCH3 is 1. The number of benzene rings is 1. The van der Waals surface area contributed by atoms with Gasteiger partial charge in [-0.25, -0.2) is 0 Å². The number of para-hydroxylation sites is 1. The molecular formula is C22H34N4O2. The second-order valence-electron chi connectivity index (χ2n) is 9.03. The molecule has 28 heavy (non-hydrogen) atoms. The Labute approximate surface area is 168 Å². The molecule has 2 aromatic rings. The average molecular weight is 387 g/mol. The molecule has 1 N–H and O–H groups in total. The normalized spacial score (nSPS) is 16.8. The smallest absolute Gasteiger partial charge is 0.272 e. The molecule has 1 aromatic heterocycles. The van der Waals surface area contributed by atoms with Crippen LogP contribution >= 0.6 is 0 Å². The number of piperidine rings is 1. The second-order valence-corrected chi connectivity index (χ2v) is 9.03. The van der Waals surface area contributed by atoms with E-state index in [-0.39, 0.29) is 23.4 Å². The molecule has 0 spiro atoms. The fraction of sp³-hybridized carbons (Fsp3) is 0.636. The van der Waals surface area contributed by atoms with E-state index < -0.39 is 0 Å². The highest BCUT2D eigenvalue weighted by Crippen LogP contribution is 2.23. The van der Waals surface area contributed by atoms with E-state index in [1.165, 1.54) is 0 Å². The van der Waals surface area contributed by atoms with Crippen LogP contribution in [0.15, 0.2) is 24.3 Å². The first-order chi connectivity index (χ1) is 13.3. The van der Waals surface area contributed by atoms with Crippen LogP contribution in [0.1, 0.15) is 57.1 Å². The molecular weight excluding hydrogens is 352 g/mol. The van der Waals surface area contributed by atoms with Crippen molar-refractivity contribution >= 4 is 16.8 Å². The van der Waals surface area contributed by atoms with Gasteiger partial charge < -0.3 is 15.0 Å². The lowest BCUT2D eigenvalue weighted by Crippen LogP contribution is -2.47. The lowest BCUT2D eigenvalue weighted by molar-refractivity contribution is 0.0584. The zero-order valence-corrected chi connectivity index (χ0v) is 17.9. The third kappa shape index (κ3) is 4.73. The Balaban J connectivity index is 1.62. The number of rotatable bonds is 7. The first-order valence-corrected chi connectivity index (χ1v) is 10.3. The maximum absolute atomic E-state index is 12.9. The van der Waals surface area contributed by atoms with Crippen LogP contribution in [0.3, 0.4) is 0 Å². The van der Waals surface area contributed by atoms with Crippen LogP contribution in [-0.2, 0) is 4.74 Å². The van der Waals surface area contributed by atoms with Crippen molar-refractivity contribution < 1.29 is 9.53 Å². The number of likely N-dealkylation sites (tertiary alicyclic amines) is 1. The fourth-order valence-corrected chi connectivity index (χ4v) is 4.18. The minimum absolute atomic E-state index is 0.0613. The molecule has 0 aliphatic carbocycles. The zero-order chi connectivity index (χ0) is 20.3. The molecule has 1 aromatic carbocycles. The van der Waals surface area contributed by atoms with Gasteiger partial charge in [-0.3, -0.25) is 9.48 Å². The highest BCUT2D eigenvalue weighted by molar-refractivity contribution is 6.05. The topological polar surface area (TPSA) is 59.4 Å². The number of nitrogens with one attached hydrogen (secondary N) is 1. The van der Waals surface area contributed by atoms with E-state index in [1.807, 2.05) is 28.9 Å². The van der Waals surface area contributed by atoms with Gasteiger partial charge in [0.25, 0.3) is 5.91 Å². The Morgan fingerprint density at radius 1 is 1.29 bits per heavy atom. The Hall–Kier alpha value is -1.92. The fourth-order valence-electron chi connectivity index (χ4n) is 4.18. The summed E-state index contributed by atoms with van der Waals surface area (Å²) in [7, 11) is 1.76. The van der Waals surface area contributed by atoms with Gasteiger partial charge in [0.1, 0.15) is 0 Å². The van der Waals surface area contributed by atoms with E-state index in [4.69, 9.17) is 4.74 Å². The zero-order valence-electron chi connectivity index (χ0n) is 17.9. The van der Waals surface area contributed by atoms with Gasteiger partial charge in [-0.2, -0.15) is 5.10 Å². The molecule has 1 saturated heterocycles. The Morgan fingerprint density at radius 2 is 1.96 bits per heavy atom. The summed E-state index contributed by atoms with van der Waals surface area (Å²) in [5.41, 5.74) is 1.69. The van der Waals surface area contributed by atoms with Crippen LogP contribution in [0, 0.1) is 5.41 Å². The minimum atomic E-state index is -0.0613. The number of hydrogen-bond acceptors (Lipinski definition) is 4. The van der Waals surface area contributed by atoms with Gasteiger partial charge in [0.05, 0.1) is 12.1 Å². The van der Waals surface area contributed by atoms with Gasteiger partial charge in [0.15, 0.2) is 5.69 Å². The summed E-state index contributed by atoms with van der Waals surface area (Å²) >= 11 is 0. The van der Waals surface area contributed by atoms with Gasteiger partial charge in [0.2, 0.25) is 0 Å². The van der Waals surface area contributed by atoms with Crippen LogP contribution < -0.4 is 5.32 Å². The first kappa shape index (κ1) is 20.8. The maximum atomic E-state index is 12.9. The standard InChI is InChI=1S/C22H34N4O2/c1-16(2)26-19-9-7-6-8-18(19)20(24-26)21(27)23-17-10-12-25(13-11-17)14-22(3,4)15-28-5/h6-9,16-17H,10-15H2,1-5H3,(H,23,27). The molecule has 0 bridgehead atoms. The highest BCUT2D eigenvalue weighted by atomic mass is 16.5. The van der Waals surface area contributed by atoms with Gasteiger partial charge in [-0.05, 0) is 32.8 Å². The molecule has 6 nitrogen and oxygen atoms in total. The summed E-state index contributed by atoms with van der Waals surface area (Å²) < 4.78 is 7.27. The van der Waals surface area contributed by atoms with Crippen LogP contribution in [0.25, 0.3) is 10.9 Å². The third-order valence-corrected chi connectivity index (χ3v) is 5.43. The Bertz CT molecular complexity index is 804. The summed E-state index contributed by atoms with van der Waals surface area (Å²) in [5.74, 6) is -0.0613. The van der Waals surface area contributed by atoms with Crippen molar-refractivity contribution in [3.05, 3.63) is 30.0 Å². The van der Waals surface area contributed by atoms with Gasteiger partial charge in [-0.1, -0.05) is 32.0 Å². The van der Waals surface area contributed by atoms with E-state index >= 15 is 0 Å². The summed E-state index contributed by atoms with van der Waals surface area (Å²) in [4.78, 5) is 15.4. The summed E-state index contributed by atoms with van der Waals surface area (Å²) in [6.07, 6.45) is 1.94.